The third-order valence-electron chi connectivity index (χ3n) is 4.05. The summed E-state index contributed by atoms with van der Waals surface area (Å²) < 4.78 is 19.7. The van der Waals surface area contributed by atoms with Crippen LogP contribution in [0.4, 0.5) is 4.39 Å². The fourth-order valence-electron chi connectivity index (χ4n) is 2.92. The first-order valence-corrected chi connectivity index (χ1v) is 6.82. The zero-order valence-corrected chi connectivity index (χ0v) is 11.1. The van der Waals surface area contributed by atoms with Crippen molar-refractivity contribution in [3.63, 3.8) is 0 Å². The van der Waals surface area contributed by atoms with Gasteiger partial charge in [0.25, 0.3) is 0 Å². The van der Waals surface area contributed by atoms with Gasteiger partial charge in [-0.25, -0.2) is 4.39 Å². The van der Waals surface area contributed by atoms with Gasteiger partial charge >= 0.3 is 0 Å². The average molecular weight is 249 g/mol. The van der Waals surface area contributed by atoms with Crippen molar-refractivity contribution in [1.82, 2.24) is 4.98 Å². The molecule has 3 rings (SSSR count). The van der Waals surface area contributed by atoms with Gasteiger partial charge in [-0.15, -0.1) is 0 Å². The van der Waals surface area contributed by atoms with E-state index >= 15 is 0 Å². The summed E-state index contributed by atoms with van der Waals surface area (Å²) in [5, 5.41) is 0. The van der Waals surface area contributed by atoms with Crippen molar-refractivity contribution < 1.29 is 9.13 Å². The van der Waals surface area contributed by atoms with Crippen LogP contribution in [0.1, 0.15) is 50.8 Å². The second-order valence-corrected chi connectivity index (χ2v) is 6.32. The minimum Gasteiger partial charge on any atom is -0.485 e. The number of aryl methyl sites for hydroxylation is 1. The zero-order chi connectivity index (χ0) is 12.8. The minimum absolute atomic E-state index is 0.107. The second kappa shape index (κ2) is 3.94. The summed E-state index contributed by atoms with van der Waals surface area (Å²) in [4.78, 5) is 4.34. The number of nitrogens with zero attached hydrogens (tertiary/aromatic N) is 1. The molecule has 0 radical (unpaired) electrons. The molecule has 0 amide bonds. The van der Waals surface area contributed by atoms with E-state index in [-0.39, 0.29) is 5.60 Å². The monoisotopic (exact) mass is 249 g/mol. The first kappa shape index (κ1) is 11.9. The molecule has 2 aliphatic rings. The molecule has 0 saturated heterocycles. The summed E-state index contributed by atoms with van der Waals surface area (Å²) in [5.41, 5.74) is 0.929. The number of pyridine rings is 1. The first-order chi connectivity index (χ1) is 8.46. The lowest BCUT2D eigenvalue weighted by atomic mass is 9.74. The van der Waals surface area contributed by atoms with Crippen LogP contribution >= 0.6 is 0 Å². The van der Waals surface area contributed by atoms with Gasteiger partial charge in [-0.2, -0.15) is 0 Å². The Labute approximate surface area is 108 Å². The van der Waals surface area contributed by atoms with E-state index < -0.39 is 5.67 Å². The summed E-state index contributed by atoms with van der Waals surface area (Å²) in [5.74, 6) is 0.918. The predicted molar refractivity (Wildman–Crippen MR) is 68.7 cm³/mol. The number of halogens is 1. The molecule has 1 aliphatic heterocycles. The van der Waals surface area contributed by atoms with Crippen LogP contribution in [-0.4, -0.2) is 16.3 Å². The minimum atomic E-state index is -1.20. The fourth-order valence-corrected chi connectivity index (χ4v) is 2.92. The van der Waals surface area contributed by atoms with Crippen LogP contribution in [0.15, 0.2) is 12.3 Å². The molecule has 2 heterocycles. The maximum atomic E-state index is 13.6. The van der Waals surface area contributed by atoms with E-state index in [0.29, 0.717) is 6.42 Å². The highest BCUT2D eigenvalue weighted by Gasteiger charge is 2.41. The van der Waals surface area contributed by atoms with Gasteiger partial charge in [0.15, 0.2) is 0 Å². The molecular weight excluding hydrogens is 229 g/mol. The second-order valence-electron chi connectivity index (χ2n) is 6.32. The molecule has 18 heavy (non-hydrogen) atoms. The Bertz CT molecular complexity index is 460. The largest absolute Gasteiger partial charge is 0.485 e. The SMILES string of the molecule is CC(C)(F)Cc1cc2c(cn1)OC1(CCC1)CC2. The van der Waals surface area contributed by atoms with Crippen LogP contribution in [0.3, 0.4) is 0 Å². The first-order valence-electron chi connectivity index (χ1n) is 6.82. The molecule has 1 fully saturated rings. The quantitative estimate of drug-likeness (QED) is 0.798. The number of aromatic nitrogens is 1. The molecule has 0 unspecified atom stereocenters. The van der Waals surface area contributed by atoms with Gasteiger partial charge in [-0.1, -0.05) is 0 Å². The summed E-state index contributed by atoms with van der Waals surface area (Å²) in [7, 11) is 0. The standard InChI is InChI=1S/C15H20FNO/c1-14(2,16)9-12-8-11-4-7-15(5-3-6-15)18-13(11)10-17-12/h8,10H,3-7,9H2,1-2H3. The highest BCUT2D eigenvalue weighted by molar-refractivity contribution is 5.36. The highest BCUT2D eigenvalue weighted by atomic mass is 19.1. The molecular formula is C15H20FNO. The van der Waals surface area contributed by atoms with Crippen molar-refractivity contribution in [1.29, 1.82) is 0 Å². The van der Waals surface area contributed by atoms with E-state index in [1.54, 1.807) is 20.0 Å². The molecule has 1 aliphatic carbocycles. The topological polar surface area (TPSA) is 22.1 Å². The van der Waals surface area contributed by atoms with Gasteiger partial charge in [0.05, 0.1) is 6.20 Å². The zero-order valence-electron chi connectivity index (χ0n) is 11.1. The van der Waals surface area contributed by atoms with Crippen LogP contribution < -0.4 is 4.74 Å². The molecule has 1 aromatic rings. The number of ether oxygens (including phenoxy) is 1. The molecule has 1 spiro atoms. The molecule has 1 saturated carbocycles. The van der Waals surface area contributed by atoms with E-state index in [1.165, 1.54) is 24.8 Å². The van der Waals surface area contributed by atoms with Crippen LogP contribution in [-0.2, 0) is 12.8 Å². The van der Waals surface area contributed by atoms with E-state index in [4.69, 9.17) is 4.74 Å². The molecule has 0 atom stereocenters. The van der Waals surface area contributed by atoms with Crippen molar-refractivity contribution in [3.05, 3.63) is 23.5 Å². The Hall–Kier alpha value is -1.12. The Balaban J connectivity index is 1.80. The fraction of sp³-hybridized carbons (Fsp3) is 0.667. The maximum absolute atomic E-state index is 13.6. The third kappa shape index (κ3) is 2.23. The van der Waals surface area contributed by atoms with Crippen molar-refractivity contribution >= 4 is 0 Å². The van der Waals surface area contributed by atoms with Gasteiger partial charge < -0.3 is 4.74 Å². The molecule has 0 bridgehead atoms. The third-order valence-corrected chi connectivity index (χ3v) is 4.05. The number of hydrogen-bond donors (Lipinski definition) is 0. The van der Waals surface area contributed by atoms with Crippen molar-refractivity contribution in [3.8, 4) is 5.75 Å². The van der Waals surface area contributed by atoms with Crippen LogP contribution in [0.25, 0.3) is 0 Å². The van der Waals surface area contributed by atoms with Crippen LogP contribution in [0.2, 0.25) is 0 Å². The lowest BCUT2D eigenvalue weighted by molar-refractivity contribution is -0.0253. The summed E-state index contributed by atoms with van der Waals surface area (Å²) in [6, 6.07) is 2.02. The summed E-state index contributed by atoms with van der Waals surface area (Å²) >= 11 is 0. The normalized spacial score (nSPS) is 21.1. The Morgan fingerprint density at radius 3 is 2.78 bits per heavy atom. The van der Waals surface area contributed by atoms with Gasteiger partial charge in [0.1, 0.15) is 17.0 Å². The lowest BCUT2D eigenvalue weighted by Gasteiger charge is -2.45. The Morgan fingerprint density at radius 2 is 2.17 bits per heavy atom. The van der Waals surface area contributed by atoms with E-state index in [1.807, 2.05) is 6.07 Å². The number of alkyl halides is 1. The highest BCUT2D eigenvalue weighted by Crippen LogP contribution is 2.44. The van der Waals surface area contributed by atoms with Crippen LogP contribution in [0, 0.1) is 0 Å². The Kier molecular flexibility index (Phi) is 2.61. The summed E-state index contributed by atoms with van der Waals surface area (Å²) in [6.45, 7) is 3.18. The number of hydrogen-bond acceptors (Lipinski definition) is 2. The molecule has 0 N–H and O–H groups in total. The average Bonchev–Trinajstić information content (AvgIpc) is 2.24. The summed E-state index contributed by atoms with van der Waals surface area (Å²) in [6.07, 6.45) is 7.91. The Morgan fingerprint density at radius 1 is 1.39 bits per heavy atom. The number of fused-ring (bicyclic) bond motifs is 1. The van der Waals surface area contributed by atoms with E-state index in [9.17, 15) is 4.39 Å². The lowest BCUT2D eigenvalue weighted by Crippen LogP contribution is -2.45. The van der Waals surface area contributed by atoms with E-state index in [0.717, 1.165) is 24.3 Å². The van der Waals surface area contributed by atoms with Crippen molar-refractivity contribution in [2.45, 2.75) is 63.6 Å². The maximum Gasteiger partial charge on any atom is 0.141 e. The van der Waals surface area contributed by atoms with Crippen molar-refractivity contribution in [2.24, 2.45) is 0 Å². The van der Waals surface area contributed by atoms with E-state index in [2.05, 4.69) is 4.98 Å². The van der Waals surface area contributed by atoms with Gasteiger partial charge in [0, 0.05) is 12.1 Å². The molecule has 0 aromatic carbocycles. The molecule has 3 heteroatoms. The van der Waals surface area contributed by atoms with Gasteiger partial charge in [-0.05, 0) is 57.6 Å². The molecule has 2 nitrogen and oxygen atoms in total. The number of rotatable bonds is 2. The molecule has 1 aromatic heterocycles. The molecule has 98 valence electrons. The van der Waals surface area contributed by atoms with Crippen LogP contribution in [0.5, 0.6) is 5.75 Å². The van der Waals surface area contributed by atoms with Crippen molar-refractivity contribution in [2.75, 3.05) is 0 Å². The van der Waals surface area contributed by atoms with Gasteiger partial charge in [-0.3, -0.25) is 4.98 Å². The predicted octanol–water partition coefficient (Wildman–Crippen LogP) is 3.62. The van der Waals surface area contributed by atoms with Gasteiger partial charge in [0.2, 0.25) is 0 Å². The smallest absolute Gasteiger partial charge is 0.141 e.